The minimum Gasteiger partial charge on any atom is -0.468 e. The standard InChI is InChI=1S/C26H30ClFN4O4S/c1-4-36-26(34)22(23(29)18-8-7-16(28)12-19(18)27)21-13-17(31-10-5-6-20(31)25(33)35-3)14-32(21)15(2)24-30-9-11-37-24/h7-9,11-12,17,20,23H,2,4-6,10,13-14,29H2,1,3H3/b22-21+/t17-,20?,23-/m0/s1. The number of benzene rings is 1. The molecule has 1 unspecified atom stereocenters. The van der Waals surface area contributed by atoms with Crippen molar-refractivity contribution < 1.29 is 23.5 Å². The van der Waals surface area contributed by atoms with E-state index in [1.54, 1.807) is 13.1 Å². The van der Waals surface area contributed by atoms with Crippen molar-refractivity contribution >= 4 is 40.6 Å². The van der Waals surface area contributed by atoms with Crippen LogP contribution in [0.2, 0.25) is 5.02 Å². The number of aromatic nitrogens is 1. The van der Waals surface area contributed by atoms with Gasteiger partial charge in [-0.1, -0.05) is 24.2 Å². The van der Waals surface area contributed by atoms with Gasteiger partial charge in [-0.25, -0.2) is 14.2 Å². The van der Waals surface area contributed by atoms with E-state index in [4.69, 9.17) is 26.8 Å². The second-order valence-electron chi connectivity index (χ2n) is 8.90. The van der Waals surface area contributed by atoms with Crippen LogP contribution in [0, 0.1) is 5.82 Å². The van der Waals surface area contributed by atoms with Crippen molar-refractivity contribution in [2.75, 3.05) is 26.8 Å². The van der Waals surface area contributed by atoms with E-state index in [0.717, 1.165) is 13.0 Å². The smallest absolute Gasteiger partial charge is 0.337 e. The predicted molar refractivity (Wildman–Crippen MR) is 140 cm³/mol. The van der Waals surface area contributed by atoms with Crippen LogP contribution in [0.4, 0.5) is 4.39 Å². The second-order valence-corrected chi connectivity index (χ2v) is 10.2. The Bertz CT molecular complexity index is 1210. The number of carbonyl (C=O) groups is 2. The molecule has 198 valence electrons. The number of hydrogen-bond donors (Lipinski definition) is 1. The van der Waals surface area contributed by atoms with Gasteiger partial charge in [0.25, 0.3) is 0 Å². The van der Waals surface area contributed by atoms with Gasteiger partial charge in [0.2, 0.25) is 0 Å². The molecule has 8 nitrogen and oxygen atoms in total. The van der Waals surface area contributed by atoms with Crippen molar-refractivity contribution in [3.63, 3.8) is 0 Å². The highest BCUT2D eigenvalue weighted by molar-refractivity contribution is 7.10. The number of rotatable bonds is 8. The third kappa shape index (κ3) is 5.57. The maximum absolute atomic E-state index is 13.8. The summed E-state index contributed by atoms with van der Waals surface area (Å²) in [6, 6.07) is 2.43. The van der Waals surface area contributed by atoms with Crippen LogP contribution in [-0.4, -0.2) is 65.6 Å². The first-order chi connectivity index (χ1) is 17.8. The Balaban J connectivity index is 1.82. The number of carbonyl (C=O) groups excluding carboxylic acids is 2. The lowest BCUT2D eigenvalue weighted by Crippen LogP contribution is -2.44. The number of esters is 2. The second kappa shape index (κ2) is 11.7. The molecule has 2 aliphatic rings. The van der Waals surface area contributed by atoms with Gasteiger partial charge in [-0.2, -0.15) is 0 Å². The first kappa shape index (κ1) is 27.3. The van der Waals surface area contributed by atoms with Crippen LogP contribution in [0.5, 0.6) is 0 Å². The topological polar surface area (TPSA) is 98.0 Å². The highest BCUT2D eigenvalue weighted by atomic mass is 35.5. The van der Waals surface area contributed by atoms with Crippen LogP contribution < -0.4 is 5.73 Å². The number of nitrogens with two attached hydrogens (primary N) is 1. The van der Waals surface area contributed by atoms with Crippen molar-refractivity contribution in [1.82, 2.24) is 14.8 Å². The van der Waals surface area contributed by atoms with Gasteiger partial charge < -0.3 is 20.1 Å². The van der Waals surface area contributed by atoms with Crippen molar-refractivity contribution in [3.8, 4) is 0 Å². The van der Waals surface area contributed by atoms with Crippen LogP contribution in [0.25, 0.3) is 5.70 Å². The Morgan fingerprint density at radius 1 is 1.41 bits per heavy atom. The van der Waals surface area contributed by atoms with Gasteiger partial charge in [0, 0.05) is 41.3 Å². The fourth-order valence-corrected chi connectivity index (χ4v) is 6.01. The maximum Gasteiger partial charge on any atom is 0.337 e. The summed E-state index contributed by atoms with van der Waals surface area (Å²) in [5.74, 6) is -1.37. The number of ether oxygens (including phenoxy) is 2. The minimum absolute atomic E-state index is 0.111. The van der Waals surface area contributed by atoms with Gasteiger partial charge in [0.1, 0.15) is 16.9 Å². The summed E-state index contributed by atoms with van der Waals surface area (Å²) in [5.41, 5.74) is 8.50. The molecule has 4 rings (SSSR count). The van der Waals surface area contributed by atoms with Crippen LogP contribution in [0.3, 0.4) is 0 Å². The van der Waals surface area contributed by atoms with Crippen LogP contribution in [0.1, 0.15) is 42.8 Å². The van der Waals surface area contributed by atoms with Gasteiger partial charge in [-0.3, -0.25) is 9.69 Å². The van der Waals surface area contributed by atoms with E-state index in [1.807, 2.05) is 10.3 Å². The minimum atomic E-state index is -0.984. The quantitative estimate of drug-likeness (QED) is 0.388. The number of thiazole rings is 1. The SMILES string of the molecule is C=C(c1nccs1)N1C[C@@H](N2CCCC2C(=O)OC)C/C1=C(\C(=O)OCC)[C@@H](N)c1ccc(F)cc1Cl. The summed E-state index contributed by atoms with van der Waals surface area (Å²) in [6.07, 6.45) is 3.66. The summed E-state index contributed by atoms with van der Waals surface area (Å²) >= 11 is 7.77. The van der Waals surface area contributed by atoms with Crippen molar-refractivity contribution in [2.24, 2.45) is 5.73 Å². The normalized spacial score (nSPS) is 22.1. The van der Waals surface area contributed by atoms with Gasteiger partial charge >= 0.3 is 11.9 Å². The molecule has 37 heavy (non-hydrogen) atoms. The molecule has 11 heteroatoms. The molecule has 3 atom stereocenters. The zero-order valence-corrected chi connectivity index (χ0v) is 22.4. The lowest BCUT2D eigenvalue weighted by atomic mass is 9.95. The summed E-state index contributed by atoms with van der Waals surface area (Å²) in [4.78, 5) is 34.3. The Kier molecular flexibility index (Phi) is 8.63. The molecule has 0 aliphatic carbocycles. The maximum atomic E-state index is 13.8. The lowest BCUT2D eigenvalue weighted by molar-refractivity contribution is -0.146. The number of halogens is 2. The summed E-state index contributed by atoms with van der Waals surface area (Å²) in [5, 5.41) is 2.65. The van der Waals surface area contributed by atoms with Gasteiger partial charge in [-0.15, -0.1) is 11.3 Å². The van der Waals surface area contributed by atoms with E-state index in [1.165, 1.54) is 36.6 Å². The third-order valence-corrected chi connectivity index (χ3v) is 7.95. The zero-order valence-electron chi connectivity index (χ0n) is 20.8. The fourth-order valence-electron chi connectivity index (χ4n) is 5.11. The molecular weight excluding hydrogens is 519 g/mol. The lowest BCUT2D eigenvalue weighted by Gasteiger charge is -2.29. The monoisotopic (exact) mass is 548 g/mol. The van der Waals surface area contributed by atoms with Crippen LogP contribution in [0.15, 0.2) is 47.6 Å². The molecule has 2 aromatic rings. The first-order valence-corrected chi connectivity index (χ1v) is 13.3. The molecule has 0 saturated carbocycles. The highest BCUT2D eigenvalue weighted by Crippen LogP contribution is 2.41. The molecular formula is C26H30ClFN4O4S. The van der Waals surface area contributed by atoms with E-state index in [-0.39, 0.29) is 35.3 Å². The zero-order chi connectivity index (χ0) is 26.7. The average Bonchev–Trinajstić information content (AvgIpc) is 3.64. The number of hydrogen-bond acceptors (Lipinski definition) is 9. The third-order valence-electron chi connectivity index (χ3n) is 6.80. The van der Waals surface area contributed by atoms with E-state index < -0.39 is 17.8 Å². The van der Waals surface area contributed by atoms with Crippen LogP contribution >= 0.6 is 22.9 Å². The largest absolute Gasteiger partial charge is 0.468 e. The molecule has 2 fully saturated rings. The molecule has 2 aliphatic heterocycles. The Labute approximate surface area is 224 Å². The predicted octanol–water partition coefficient (Wildman–Crippen LogP) is 4.14. The fraction of sp³-hybridized carbons (Fsp3) is 0.423. The molecule has 0 bridgehead atoms. The number of nitrogens with zero attached hydrogens (tertiary/aromatic N) is 3. The molecule has 2 saturated heterocycles. The number of methoxy groups -OCH3 is 1. The van der Waals surface area contributed by atoms with E-state index in [9.17, 15) is 14.0 Å². The van der Waals surface area contributed by atoms with Crippen molar-refractivity contribution in [1.29, 1.82) is 0 Å². The molecule has 3 heterocycles. The number of likely N-dealkylation sites (tertiary alicyclic amines) is 2. The highest BCUT2D eigenvalue weighted by Gasteiger charge is 2.43. The van der Waals surface area contributed by atoms with Gasteiger partial charge in [0.15, 0.2) is 0 Å². The molecule has 0 amide bonds. The Morgan fingerprint density at radius 3 is 2.84 bits per heavy atom. The van der Waals surface area contributed by atoms with Crippen molar-refractivity contribution in [3.05, 3.63) is 69.0 Å². The van der Waals surface area contributed by atoms with Gasteiger partial charge in [0.05, 0.1) is 31.0 Å². The molecule has 2 N–H and O–H groups in total. The molecule has 0 radical (unpaired) electrons. The molecule has 1 aromatic carbocycles. The van der Waals surface area contributed by atoms with E-state index >= 15 is 0 Å². The molecule has 0 spiro atoms. The Hall–Kier alpha value is -2.79. The summed E-state index contributed by atoms with van der Waals surface area (Å²) < 4.78 is 24.3. The average molecular weight is 549 g/mol. The Morgan fingerprint density at radius 2 is 2.19 bits per heavy atom. The summed E-state index contributed by atoms with van der Waals surface area (Å²) in [6.45, 7) is 7.32. The first-order valence-electron chi connectivity index (χ1n) is 12.1. The molecule has 1 aromatic heterocycles. The van der Waals surface area contributed by atoms with E-state index in [2.05, 4.69) is 16.5 Å². The summed E-state index contributed by atoms with van der Waals surface area (Å²) in [7, 11) is 1.39. The van der Waals surface area contributed by atoms with Crippen molar-refractivity contribution in [2.45, 2.75) is 44.3 Å². The van der Waals surface area contributed by atoms with E-state index in [0.29, 0.717) is 41.4 Å². The van der Waals surface area contributed by atoms with Gasteiger partial charge in [-0.05, 0) is 44.0 Å². The van der Waals surface area contributed by atoms with Crippen LogP contribution in [-0.2, 0) is 19.1 Å².